The van der Waals surface area contributed by atoms with E-state index in [2.05, 4.69) is 10.6 Å². The summed E-state index contributed by atoms with van der Waals surface area (Å²) < 4.78 is 4.99. The molecule has 1 fully saturated rings. The van der Waals surface area contributed by atoms with Crippen molar-refractivity contribution in [2.45, 2.75) is 44.6 Å². The predicted molar refractivity (Wildman–Crippen MR) is 71.0 cm³/mol. The third kappa shape index (κ3) is 5.46. The smallest absolute Gasteiger partial charge is 0.315 e. The van der Waals surface area contributed by atoms with E-state index in [1.54, 1.807) is 7.11 Å². The number of hydrogen-bond donors (Lipinski definition) is 3. The minimum absolute atomic E-state index is 0.00591. The van der Waals surface area contributed by atoms with Crippen LogP contribution in [0.4, 0.5) is 4.79 Å². The minimum Gasteiger partial charge on any atom is -0.481 e. The number of methoxy groups -OCH3 is 1. The van der Waals surface area contributed by atoms with Gasteiger partial charge in [-0.1, -0.05) is 19.8 Å². The number of ether oxygens (including phenoxy) is 1. The SMILES string of the molecule is COCC(C)CNC(=O)NC1(CC(=O)O)CCCC1. The molecule has 1 saturated carbocycles. The highest BCUT2D eigenvalue weighted by Gasteiger charge is 2.37. The molecule has 0 radical (unpaired) electrons. The molecular formula is C13H24N2O4. The minimum atomic E-state index is -0.866. The van der Waals surface area contributed by atoms with Crippen molar-refractivity contribution in [1.82, 2.24) is 10.6 Å². The third-order valence-corrected chi connectivity index (χ3v) is 3.49. The van der Waals surface area contributed by atoms with Gasteiger partial charge in [-0.3, -0.25) is 4.79 Å². The summed E-state index contributed by atoms with van der Waals surface area (Å²) in [6.45, 7) is 3.08. The third-order valence-electron chi connectivity index (χ3n) is 3.49. The molecule has 0 aromatic carbocycles. The molecule has 6 nitrogen and oxygen atoms in total. The van der Waals surface area contributed by atoms with E-state index in [4.69, 9.17) is 9.84 Å². The van der Waals surface area contributed by atoms with Crippen LogP contribution in [0.1, 0.15) is 39.0 Å². The van der Waals surface area contributed by atoms with Crippen molar-refractivity contribution in [2.75, 3.05) is 20.3 Å². The van der Waals surface area contributed by atoms with E-state index >= 15 is 0 Å². The van der Waals surface area contributed by atoms with Gasteiger partial charge in [0.1, 0.15) is 0 Å². The van der Waals surface area contributed by atoms with Gasteiger partial charge in [0.15, 0.2) is 0 Å². The molecule has 1 unspecified atom stereocenters. The van der Waals surface area contributed by atoms with Crippen LogP contribution in [0.25, 0.3) is 0 Å². The van der Waals surface area contributed by atoms with E-state index in [-0.39, 0.29) is 18.4 Å². The molecule has 110 valence electrons. The average molecular weight is 272 g/mol. The Labute approximate surface area is 113 Å². The molecule has 0 bridgehead atoms. The Bertz CT molecular complexity index is 314. The van der Waals surface area contributed by atoms with Gasteiger partial charge in [-0.05, 0) is 18.8 Å². The molecule has 1 rings (SSSR count). The molecule has 0 heterocycles. The van der Waals surface area contributed by atoms with Crippen LogP contribution < -0.4 is 10.6 Å². The van der Waals surface area contributed by atoms with Gasteiger partial charge >= 0.3 is 12.0 Å². The van der Waals surface area contributed by atoms with Crippen molar-refractivity contribution in [3.8, 4) is 0 Å². The summed E-state index contributed by atoms with van der Waals surface area (Å²) in [5.41, 5.74) is -0.569. The summed E-state index contributed by atoms with van der Waals surface area (Å²) in [5.74, 6) is -0.635. The van der Waals surface area contributed by atoms with Gasteiger partial charge in [0.2, 0.25) is 0 Å². The Morgan fingerprint density at radius 2 is 2.00 bits per heavy atom. The number of carbonyl (C=O) groups is 2. The summed E-state index contributed by atoms with van der Waals surface area (Å²) in [6, 6.07) is -0.286. The van der Waals surface area contributed by atoms with E-state index in [0.717, 1.165) is 25.7 Å². The van der Waals surface area contributed by atoms with Crippen molar-refractivity contribution in [3.63, 3.8) is 0 Å². The second-order valence-electron chi connectivity index (χ2n) is 5.45. The predicted octanol–water partition coefficient (Wildman–Crippen LogP) is 1.36. The molecule has 1 atom stereocenters. The van der Waals surface area contributed by atoms with Crippen LogP contribution in [-0.2, 0) is 9.53 Å². The number of rotatable bonds is 7. The maximum Gasteiger partial charge on any atom is 0.315 e. The Hall–Kier alpha value is -1.30. The number of carboxylic acid groups (broad SMARTS) is 1. The fourth-order valence-electron chi connectivity index (χ4n) is 2.58. The summed E-state index contributed by atoms with van der Waals surface area (Å²) in [7, 11) is 1.62. The first-order valence-electron chi connectivity index (χ1n) is 6.74. The van der Waals surface area contributed by atoms with Crippen LogP contribution in [0.15, 0.2) is 0 Å². The molecule has 0 spiro atoms. The summed E-state index contributed by atoms with van der Waals surface area (Å²) >= 11 is 0. The lowest BCUT2D eigenvalue weighted by Gasteiger charge is -2.29. The second kappa shape index (κ2) is 7.33. The van der Waals surface area contributed by atoms with Crippen molar-refractivity contribution in [2.24, 2.45) is 5.92 Å². The standard InChI is InChI=1S/C13H24N2O4/c1-10(9-19-2)8-14-12(18)15-13(7-11(16)17)5-3-4-6-13/h10H,3-9H2,1-2H3,(H,16,17)(H2,14,15,18). The Morgan fingerprint density at radius 3 is 2.53 bits per heavy atom. The lowest BCUT2D eigenvalue weighted by molar-refractivity contribution is -0.138. The van der Waals surface area contributed by atoms with Crippen LogP contribution in [0.2, 0.25) is 0 Å². The highest BCUT2D eigenvalue weighted by molar-refractivity contribution is 5.76. The molecule has 3 N–H and O–H groups in total. The van der Waals surface area contributed by atoms with Crippen LogP contribution >= 0.6 is 0 Å². The fraction of sp³-hybridized carbons (Fsp3) is 0.846. The summed E-state index contributed by atoms with van der Waals surface area (Å²) in [5, 5.41) is 14.6. The first kappa shape index (κ1) is 15.8. The van der Waals surface area contributed by atoms with Gasteiger partial charge < -0.3 is 20.5 Å². The zero-order chi connectivity index (χ0) is 14.3. The van der Waals surface area contributed by atoms with Gasteiger partial charge in [0.25, 0.3) is 0 Å². The first-order chi connectivity index (χ1) is 8.97. The fourth-order valence-corrected chi connectivity index (χ4v) is 2.58. The molecule has 1 aliphatic rings. The molecule has 1 aliphatic carbocycles. The number of amides is 2. The molecule has 0 aliphatic heterocycles. The number of carboxylic acids is 1. The van der Waals surface area contributed by atoms with Crippen molar-refractivity contribution in [1.29, 1.82) is 0 Å². The molecule has 6 heteroatoms. The highest BCUT2D eigenvalue weighted by Crippen LogP contribution is 2.32. The van der Waals surface area contributed by atoms with Gasteiger partial charge in [0, 0.05) is 13.7 Å². The number of nitrogens with one attached hydrogen (secondary N) is 2. The summed E-state index contributed by atoms with van der Waals surface area (Å²) in [6.07, 6.45) is 3.40. The maximum atomic E-state index is 11.8. The molecule has 0 aromatic heterocycles. The second-order valence-corrected chi connectivity index (χ2v) is 5.45. The zero-order valence-corrected chi connectivity index (χ0v) is 11.7. The first-order valence-corrected chi connectivity index (χ1v) is 6.74. The van der Waals surface area contributed by atoms with Gasteiger partial charge in [-0.25, -0.2) is 4.79 Å². The van der Waals surface area contributed by atoms with Gasteiger partial charge in [0.05, 0.1) is 18.6 Å². The lowest BCUT2D eigenvalue weighted by Crippen LogP contribution is -2.52. The van der Waals surface area contributed by atoms with Crippen LogP contribution in [0.3, 0.4) is 0 Å². The van der Waals surface area contributed by atoms with Gasteiger partial charge in [-0.2, -0.15) is 0 Å². The normalized spacial score (nSPS) is 18.8. The van der Waals surface area contributed by atoms with E-state index < -0.39 is 11.5 Å². The molecule has 0 aromatic rings. The number of carbonyl (C=O) groups excluding carboxylic acids is 1. The zero-order valence-electron chi connectivity index (χ0n) is 11.7. The van der Waals surface area contributed by atoms with E-state index in [1.165, 1.54) is 0 Å². The molecule has 19 heavy (non-hydrogen) atoms. The van der Waals surface area contributed by atoms with Crippen molar-refractivity contribution < 1.29 is 19.4 Å². The van der Waals surface area contributed by atoms with Crippen LogP contribution in [0, 0.1) is 5.92 Å². The van der Waals surface area contributed by atoms with Crippen molar-refractivity contribution in [3.05, 3.63) is 0 Å². The van der Waals surface area contributed by atoms with Gasteiger partial charge in [-0.15, -0.1) is 0 Å². The average Bonchev–Trinajstić information content (AvgIpc) is 2.74. The largest absolute Gasteiger partial charge is 0.481 e. The summed E-state index contributed by atoms with van der Waals surface area (Å²) in [4.78, 5) is 22.7. The monoisotopic (exact) mass is 272 g/mol. The van der Waals surface area contributed by atoms with Crippen LogP contribution in [-0.4, -0.2) is 42.9 Å². The number of urea groups is 1. The Morgan fingerprint density at radius 1 is 1.37 bits per heavy atom. The number of aliphatic carboxylic acids is 1. The van der Waals surface area contributed by atoms with Crippen LogP contribution in [0.5, 0.6) is 0 Å². The maximum absolute atomic E-state index is 11.8. The molecule has 0 saturated heterocycles. The lowest BCUT2D eigenvalue weighted by atomic mass is 9.93. The van der Waals surface area contributed by atoms with E-state index in [9.17, 15) is 9.59 Å². The van der Waals surface area contributed by atoms with Crippen molar-refractivity contribution >= 4 is 12.0 Å². The molecular weight excluding hydrogens is 248 g/mol. The Balaban J connectivity index is 2.41. The Kier molecular flexibility index (Phi) is 6.08. The van der Waals surface area contributed by atoms with E-state index in [0.29, 0.717) is 13.2 Å². The molecule has 2 amide bonds. The topological polar surface area (TPSA) is 87.7 Å². The highest BCUT2D eigenvalue weighted by atomic mass is 16.5. The number of hydrogen-bond acceptors (Lipinski definition) is 3. The van der Waals surface area contributed by atoms with E-state index in [1.807, 2.05) is 6.92 Å². The quantitative estimate of drug-likeness (QED) is 0.653.